The minimum absolute atomic E-state index is 1.25. The number of nitrogens with two attached hydrogens (primary N) is 1. The summed E-state index contributed by atoms with van der Waals surface area (Å²) in [5.74, 6) is 0. The molecule has 1 heterocycles. The quantitative estimate of drug-likeness (QED) is 0.245. The minimum atomic E-state index is -4.14. The van der Waals surface area contributed by atoms with Crippen LogP contribution in [0.2, 0.25) is 0 Å². The lowest BCUT2D eigenvalue weighted by atomic mass is 11.0. The third-order valence-electron chi connectivity index (χ3n) is 0.250. The Hall–Kier alpha value is 0.0700. The van der Waals surface area contributed by atoms with Gasteiger partial charge in [0, 0.05) is 13.1 Å². The van der Waals surface area contributed by atoms with Crippen LogP contribution in [0.15, 0.2) is 0 Å². The minimum Gasteiger partial charge on any atom is -0.314 e. The first-order chi connectivity index (χ1) is 3.50. The van der Waals surface area contributed by atoms with Gasteiger partial charge in [-0.1, -0.05) is 0 Å². The van der Waals surface area contributed by atoms with Crippen LogP contribution < -0.4 is 10.8 Å². The summed E-state index contributed by atoms with van der Waals surface area (Å²) in [4.78, 5) is 14.8. The Kier molecular flexibility index (Phi) is 3.19. The first kappa shape index (κ1) is 8.07. The monoisotopic (exact) mass is 140 g/mol. The van der Waals surface area contributed by atoms with Gasteiger partial charge in [0.1, 0.15) is 0 Å². The molecule has 1 aliphatic rings. The number of hydrogen-bond donors (Lipinski definition) is 4. The maximum absolute atomic E-state index is 9.10. The van der Waals surface area contributed by atoms with Gasteiger partial charge in [-0.25, -0.2) is 10.1 Å². The highest BCUT2D eigenvalue weighted by Gasteiger charge is 1.96. The molecule has 1 saturated heterocycles. The molecule has 1 rings (SSSR count). The molecule has 0 bridgehead atoms. The molecule has 0 amide bonds. The van der Waals surface area contributed by atoms with Crippen molar-refractivity contribution >= 4 is 7.75 Å². The Labute approximate surface area is 47.1 Å². The van der Waals surface area contributed by atoms with Crippen molar-refractivity contribution in [2.45, 2.75) is 0 Å². The van der Waals surface area contributed by atoms with Crippen LogP contribution >= 0.6 is 7.75 Å². The van der Waals surface area contributed by atoms with Crippen LogP contribution in [0.4, 0.5) is 0 Å². The summed E-state index contributed by atoms with van der Waals surface area (Å²) in [6.07, 6.45) is 0. The van der Waals surface area contributed by atoms with Crippen molar-refractivity contribution in [3.63, 3.8) is 0 Å². The molecule has 0 unspecified atom stereocenters. The van der Waals surface area contributed by atoms with Gasteiger partial charge in [-0.15, -0.1) is 0 Å². The topological polar surface area (TPSA) is 105 Å². The van der Waals surface area contributed by atoms with Gasteiger partial charge in [0.05, 0.1) is 0 Å². The fourth-order valence-corrected chi connectivity index (χ4v) is 0. The predicted molar refractivity (Wildman–Crippen MR) is 29.1 cm³/mol. The molecule has 50 valence electrons. The zero-order chi connectivity index (χ0) is 6.62. The van der Waals surface area contributed by atoms with Crippen LogP contribution in [0.25, 0.3) is 0 Å². The van der Waals surface area contributed by atoms with Gasteiger partial charge < -0.3 is 15.1 Å². The van der Waals surface area contributed by atoms with Gasteiger partial charge in [-0.05, 0) is 0 Å². The maximum atomic E-state index is 9.10. The van der Waals surface area contributed by atoms with Crippen molar-refractivity contribution in [3.05, 3.63) is 0 Å². The smallest absolute Gasteiger partial charge is 0.314 e. The van der Waals surface area contributed by atoms with Crippen molar-refractivity contribution in [2.75, 3.05) is 13.1 Å². The van der Waals surface area contributed by atoms with E-state index in [9.17, 15) is 0 Å². The van der Waals surface area contributed by atoms with Gasteiger partial charge in [0.2, 0.25) is 0 Å². The molecule has 0 aromatic heterocycles. The lowest BCUT2D eigenvalue weighted by Crippen LogP contribution is -1.87. The average molecular weight is 140 g/mol. The van der Waals surface area contributed by atoms with Crippen LogP contribution in [0.5, 0.6) is 0 Å². The molecule has 5 N–H and O–H groups in total. The fraction of sp³-hybridized carbons (Fsp3) is 1.00. The lowest BCUT2D eigenvalue weighted by molar-refractivity contribution is 0.374. The molecule has 8 heavy (non-hydrogen) atoms. The number of nitrogens with one attached hydrogen (secondary N) is 1. The van der Waals surface area contributed by atoms with Gasteiger partial charge in [-0.3, -0.25) is 0 Å². The van der Waals surface area contributed by atoms with Crippen LogP contribution in [0, 0.1) is 0 Å². The van der Waals surface area contributed by atoms with E-state index >= 15 is 0 Å². The Morgan fingerprint density at radius 3 is 1.62 bits per heavy atom. The van der Waals surface area contributed by atoms with E-state index in [1.165, 1.54) is 13.1 Å². The summed E-state index contributed by atoms with van der Waals surface area (Å²) in [7, 11) is -4.14. The molecular formula is C2H9N2O3P. The zero-order valence-electron chi connectivity index (χ0n) is 4.24. The normalized spacial score (nSPS) is 16.4. The molecule has 0 spiro atoms. The average Bonchev–Trinajstić information content (AvgIpc) is 1.95. The summed E-state index contributed by atoms with van der Waals surface area (Å²) in [6.45, 7) is 2.50. The van der Waals surface area contributed by atoms with Crippen LogP contribution in [0.3, 0.4) is 0 Å². The van der Waals surface area contributed by atoms with E-state index in [0.29, 0.717) is 0 Å². The third kappa shape index (κ3) is 136. The third-order valence-corrected chi connectivity index (χ3v) is 0.250. The van der Waals surface area contributed by atoms with Crippen LogP contribution in [0.1, 0.15) is 0 Å². The molecule has 0 saturated carbocycles. The summed E-state index contributed by atoms with van der Waals surface area (Å²) in [6, 6.07) is 0. The molecule has 0 aliphatic carbocycles. The van der Waals surface area contributed by atoms with Crippen molar-refractivity contribution in [1.82, 2.24) is 5.32 Å². The van der Waals surface area contributed by atoms with E-state index in [4.69, 9.17) is 14.4 Å². The first-order valence-corrected chi connectivity index (χ1v) is 3.73. The molecule has 0 aromatic rings. The van der Waals surface area contributed by atoms with E-state index in [-0.39, 0.29) is 0 Å². The van der Waals surface area contributed by atoms with Crippen molar-refractivity contribution in [2.24, 2.45) is 5.50 Å². The highest BCUT2D eigenvalue weighted by molar-refractivity contribution is 7.49. The lowest BCUT2D eigenvalue weighted by Gasteiger charge is -1.84. The fourth-order valence-electron chi connectivity index (χ4n) is 0. The summed E-state index contributed by atoms with van der Waals surface area (Å²) < 4.78 is 9.10. The van der Waals surface area contributed by atoms with E-state index in [0.717, 1.165) is 0 Å². The highest BCUT2D eigenvalue weighted by atomic mass is 31.2. The van der Waals surface area contributed by atoms with Gasteiger partial charge >= 0.3 is 7.75 Å². The number of rotatable bonds is 0. The second kappa shape index (κ2) is 3.17. The summed E-state index contributed by atoms with van der Waals surface area (Å²) in [5.41, 5.74) is 4.02. The van der Waals surface area contributed by atoms with E-state index in [1.54, 1.807) is 0 Å². The molecule has 5 nitrogen and oxygen atoms in total. The summed E-state index contributed by atoms with van der Waals surface area (Å²) in [5, 5.41) is 3.00. The van der Waals surface area contributed by atoms with Crippen LogP contribution in [-0.2, 0) is 4.57 Å². The molecular weight excluding hydrogens is 131 g/mol. The molecule has 0 aromatic carbocycles. The van der Waals surface area contributed by atoms with E-state index in [1.807, 2.05) is 0 Å². The van der Waals surface area contributed by atoms with E-state index < -0.39 is 7.75 Å². The second-order valence-electron chi connectivity index (χ2n) is 1.34. The SMILES string of the molecule is C1CN1.NP(=O)(O)O. The molecule has 0 atom stereocenters. The van der Waals surface area contributed by atoms with Crippen molar-refractivity contribution < 1.29 is 14.4 Å². The maximum Gasteiger partial charge on any atom is 0.397 e. The molecule has 1 fully saturated rings. The van der Waals surface area contributed by atoms with Crippen molar-refractivity contribution in [1.29, 1.82) is 0 Å². The molecule has 0 radical (unpaired) electrons. The second-order valence-corrected chi connectivity index (χ2v) is 2.52. The highest BCUT2D eigenvalue weighted by Crippen LogP contribution is 2.20. The van der Waals surface area contributed by atoms with Gasteiger partial charge in [0.25, 0.3) is 0 Å². The van der Waals surface area contributed by atoms with Gasteiger partial charge in [-0.2, -0.15) is 0 Å². The Morgan fingerprint density at radius 1 is 1.50 bits per heavy atom. The van der Waals surface area contributed by atoms with Crippen molar-refractivity contribution in [3.8, 4) is 0 Å². The first-order valence-electron chi connectivity index (χ1n) is 2.05. The molecule has 6 heteroatoms. The Morgan fingerprint density at radius 2 is 1.62 bits per heavy atom. The van der Waals surface area contributed by atoms with Crippen LogP contribution in [-0.4, -0.2) is 22.9 Å². The zero-order valence-corrected chi connectivity index (χ0v) is 5.14. The van der Waals surface area contributed by atoms with E-state index in [2.05, 4.69) is 10.8 Å². The standard InChI is InChI=1S/C2H5N.H4NO3P/c1-2-3-1;1-5(2,3)4/h3H,1-2H2;(H4,1,2,3,4). The largest absolute Gasteiger partial charge is 0.397 e. The summed E-state index contributed by atoms with van der Waals surface area (Å²) >= 11 is 0. The Bertz CT molecular complexity index is 86.4. The Balaban J connectivity index is 0.000000135. The number of hydrogen-bond acceptors (Lipinski definition) is 2. The predicted octanol–water partition coefficient (Wildman–Crippen LogP) is -1.37. The van der Waals surface area contributed by atoms with Gasteiger partial charge in [0.15, 0.2) is 0 Å². The molecule has 1 aliphatic heterocycles.